The van der Waals surface area contributed by atoms with Crippen LogP contribution in [0.5, 0.6) is 11.5 Å². The van der Waals surface area contributed by atoms with Gasteiger partial charge in [-0.05, 0) is 60.7 Å². The zero-order valence-corrected chi connectivity index (χ0v) is 16.2. The molecule has 2 aliphatic rings. The highest BCUT2D eigenvalue weighted by Crippen LogP contribution is 2.34. The van der Waals surface area contributed by atoms with Gasteiger partial charge in [-0.3, -0.25) is 9.59 Å². The molecule has 0 fully saturated rings. The average molecular weight is 399 g/mol. The monoisotopic (exact) mass is 399 g/mol. The van der Waals surface area contributed by atoms with Crippen LogP contribution in [0.25, 0.3) is 0 Å². The molecule has 0 saturated carbocycles. The van der Waals surface area contributed by atoms with Gasteiger partial charge in [0.25, 0.3) is 5.91 Å². The molecule has 7 heteroatoms. The van der Waals surface area contributed by atoms with Gasteiger partial charge in [0, 0.05) is 10.6 Å². The van der Waals surface area contributed by atoms with Crippen LogP contribution < -0.4 is 14.8 Å². The SMILES string of the molecule is O=C(COC(=O)CSc1ccc2c(c1)OCCO2)Nc1ccc2c(c1)CCC2. The van der Waals surface area contributed by atoms with Crippen LogP contribution in [0.3, 0.4) is 0 Å². The molecule has 1 aliphatic carbocycles. The topological polar surface area (TPSA) is 73.9 Å². The molecule has 0 bridgehead atoms. The summed E-state index contributed by atoms with van der Waals surface area (Å²) in [6.07, 6.45) is 3.30. The number of hydrogen-bond donors (Lipinski definition) is 1. The zero-order valence-electron chi connectivity index (χ0n) is 15.4. The highest BCUT2D eigenvalue weighted by atomic mass is 32.2. The number of carbonyl (C=O) groups excluding carboxylic acids is 2. The van der Waals surface area contributed by atoms with Crippen molar-refractivity contribution in [3.05, 3.63) is 47.5 Å². The molecular weight excluding hydrogens is 378 g/mol. The number of aryl methyl sites for hydroxylation is 2. The minimum atomic E-state index is -0.441. The second-order valence-corrected chi connectivity index (χ2v) is 7.69. The quantitative estimate of drug-likeness (QED) is 0.594. The van der Waals surface area contributed by atoms with Crippen molar-refractivity contribution in [2.45, 2.75) is 24.2 Å². The lowest BCUT2D eigenvalue weighted by atomic mass is 10.1. The smallest absolute Gasteiger partial charge is 0.316 e. The molecular formula is C21H21NO5S. The first-order chi connectivity index (χ1) is 13.7. The van der Waals surface area contributed by atoms with Crippen LogP contribution in [0, 0.1) is 0 Å². The van der Waals surface area contributed by atoms with E-state index in [1.807, 2.05) is 36.4 Å². The number of benzene rings is 2. The average Bonchev–Trinajstić information content (AvgIpc) is 3.18. The predicted molar refractivity (Wildman–Crippen MR) is 106 cm³/mol. The largest absolute Gasteiger partial charge is 0.486 e. The van der Waals surface area contributed by atoms with Crippen LogP contribution in [0.1, 0.15) is 17.5 Å². The molecule has 0 spiro atoms. The molecule has 1 amide bonds. The van der Waals surface area contributed by atoms with Gasteiger partial charge < -0.3 is 19.5 Å². The molecule has 28 heavy (non-hydrogen) atoms. The van der Waals surface area contributed by atoms with E-state index in [2.05, 4.69) is 5.32 Å². The van der Waals surface area contributed by atoms with Crippen molar-refractivity contribution >= 4 is 29.3 Å². The van der Waals surface area contributed by atoms with E-state index in [-0.39, 0.29) is 18.3 Å². The number of esters is 1. The van der Waals surface area contributed by atoms with E-state index in [9.17, 15) is 9.59 Å². The minimum absolute atomic E-state index is 0.117. The van der Waals surface area contributed by atoms with Crippen LogP contribution in [-0.4, -0.2) is 37.4 Å². The number of thioether (sulfide) groups is 1. The molecule has 0 radical (unpaired) electrons. The molecule has 2 aromatic rings. The Morgan fingerprint density at radius 1 is 1.00 bits per heavy atom. The van der Waals surface area contributed by atoms with Crippen LogP contribution >= 0.6 is 11.8 Å². The molecule has 1 N–H and O–H groups in total. The molecule has 146 valence electrons. The van der Waals surface area contributed by atoms with Crippen LogP contribution in [0.2, 0.25) is 0 Å². The van der Waals surface area contributed by atoms with Crippen molar-refractivity contribution in [3.8, 4) is 11.5 Å². The van der Waals surface area contributed by atoms with Crippen molar-refractivity contribution in [3.63, 3.8) is 0 Å². The highest BCUT2D eigenvalue weighted by Gasteiger charge is 2.15. The van der Waals surface area contributed by atoms with Gasteiger partial charge in [-0.15, -0.1) is 11.8 Å². The number of ether oxygens (including phenoxy) is 3. The van der Waals surface area contributed by atoms with E-state index in [0.717, 1.165) is 29.8 Å². The standard InChI is InChI=1S/C21H21NO5S/c23-20(22-16-5-4-14-2-1-3-15(14)10-16)12-27-21(24)13-28-17-6-7-18-19(11-17)26-9-8-25-18/h4-7,10-11H,1-3,8-9,12-13H2,(H,22,23). The van der Waals surface area contributed by atoms with E-state index in [4.69, 9.17) is 14.2 Å². The normalized spacial score (nSPS) is 14.3. The summed E-state index contributed by atoms with van der Waals surface area (Å²) < 4.78 is 16.1. The first kappa shape index (κ1) is 18.7. The number of anilines is 1. The Hall–Kier alpha value is -2.67. The summed E-state index contributed by atoms with van der Waals surface area (Å²) in [4.78, 5) is 24.8. The Bertz CT molecular complexity index is 898. The number of carbonyl (C=O) groups is 2. The van der Waals surface area contributed by atoms with Gasteiger partial charge in [0.15, 0.2) is 18.1 Å². The van der Waals surface area contributed by atoms with Gasteiger partial charge in [0.2, 0.25) is 0 Å². The molecule has 6 nitrogen and oxygen atoms in total. The first-order valence-electron chi connectivity index (χ1n) is 9.27. The van der Waals surface area contributed by atoms with Crippen LogP contribution in [-0.2, 0) is 27.2 Å². The fourth-order valence-corrected chi connectivity index (χ4v) is 4.01. The lowest BCUT2D eigenvalue weighted by molar-refractivity contribution is -0.144. The summed E-state index contributed by atoms with van der Waals surface area (Å²) in [5.74, 6) is 0.727. The van der Waals surface area contributed by atoms with Crippen molar-refractivity contribution in [2.75, 3.05) is 30.9 Å². The lowest BCUT2D eigenvalue weighted by Crippen LogP contribution is -2.21. The van der Waals surface area contributed by atoms with Crippen molar-refractivity contribution < 1.29 is 23.8 Å². The van der Waals surface area contributed by atoms with Crippen molar-refractivity contribution in [2.24, 2.45) is 0 Å². The molecule has 4 rings (SSSR count). The Morgan fingerprint density at radius 3 is 2.71 bits per heavy atom. The van der Waals surface area contributed by atoms with Crippen LogP contribution in [0.15, 0.2) is 41.3 Å². The highest BCUT2D eigenvalue weighted by molar-refractivity contribution is 8.00. The molecule has 1 heterocycles. The molecule has 0 saturated heterocycles. The van der Waals surface area contributed by atoms with Gasteiger partial charge in [-0.2, -0.15) is 0 Å². The van der Waals surface area contributed by atoms with Crippen molar-refractivity contribution in [1.29, 1.82) is 0 Å². The lowest BCUT2D eigenvalue weighted by Gasteiger charge is -2.18. The second kappa shape index (κ2) is 8.56. The maximum Gasteiger partial charge on any atom is 0.316 e. The van der Waals surface area contributed by atoms with Gasteiger partial charge in [-0.25, -0.2) is 0 Å². The number of hydrogen-bond acceptors (Lipinski definition) is 6. The summed E-state index contributed by atoms with van der Waals surface area (Å²) in [6.45, 7) is 0.763. The van der Waals surface area contributed by atoms with Crippen LogP contribution in [0.4, 0.5) is 5.69 Å². The third-order valence-corrected chi connectivity index (χ3v) is 5.58. The first-order valence-corrected chi connectivity index (χ1v) is 10.3. The molecule has 0 atom stereocenters. The number of fused-ring (bicyclic) bond motifs is 2. The third kappa shape index (κ3) is 4.59. The second-order valence-electron chi connectivity index (χ2n) is 6.64. The molecule has 2 aromatic carbocycles. The summed E-state index contributed by atoms with van der Waals surface area (Å²) in [7, 11) is 0. The summed E-state index contributed by atoms with van der Waals surface area (Å²) >= 11 is 1.33. The molecule has 0 unspecified atom stereocenters. The van der Waals surface area contributed by atoms with Gasteiger partial charge >= 0.3 is 5.97 Å². The number of nitrogens with one attached hydrogen (secondary N) is 1. The minimum Gasteiger partial charge on any atom is -0.486 e. The Morgan fingerprint density at radius 2 is 1.82 bits per heavy atom. The van der Waals surface area contributed by atoms with E-state index in [0.29, 0.717) is 24.7 Å². The summed E-state index contributed by atoms with van der Waals surface area (Å²) in [6, 6.07) is 11.5. The fourth-order valence-electron chi connectivity index (χ4n) is 3.29. The third-order valence-electron chi connectivity index (χ3n) is 4.62. The summed E-state index contributed by atoms with van der Waals surface area (Å²) in [5, 5.41) is 2.78. The predicted octanol–water partition coefficient (Wildman–Crippen LogP) is 3.22. The summed E-state index contributed by atoms with van der Waals surface area (Å²) in [5.41, 5.74) is 3.37. The Labute approximate surface area is 167 Å². The fraction of sp³-hybridized carbons (Fsp3) is 0.333. The Kier molecular flexibility index (Phi) is 5.71. The molecule has 0 aromatic heterocycles. The van der Waals surface area contributed by atoms with E-state index in [1.54, 1.807) is 0 Å². The van der Waals surface area contributed by atoms with E-state index >= 15 is 0 Å². The maximum atomic E-state index is 12.0. The zero-order chi connectivity index (χ0) is 19.3. The maximum absolute atomic E-state index is 12.0. The van der Waals surface area contributed by atoms with Gasteiger partial charge in [0.1, 0.15) is 13.2 Å². The number of amides is 1. The van der Waals surface area contributed by atoms with E-state index in [1.165, 1.54) is 22.9 Å². The number of rotatable bonds is 6. The van der Waals surface area contributed by atoms with E-state index < -0.39 is 5.97 Å². The van der Waals surface area contributed by atoms with Gasteiger partial charge in [0.05, 0.1) is 5.75 Å². The molecule has 1 aliphatic heterocycles. The van der Waals surface area contributed by atoms with Crippen molar-refractivity contribution in [1.82, 2.24) is 0 Å². The van der Waals surface area contributed by atoms with Gasteiger partial charge in [-0.1, -0.05) is 6.07 Å². The Balaban J connectivity index is 1.21.